The van der Waals surface area contributed by atoms with Crippen LogP contribution in [0.15, 0.2) is 55.0 Å². The molecule has 0 radical (unpaired) electrons. The van der Waals surface area contributed by atoms with Crippen LogP contribution >= 0.6 is 0 Å². The minimum Gasteiger partial charge on any atom is -0.456 e. The Balaban J connectivity index is 2.67. The molecule has 2 aromatic rings. The van der Waals surface area contributed by atoms with Crippen molar-refractivity contribution in [3.8, 4) is 5.75 Å². The number of rotatable bonds is 3. The summed E-state index contributed by atoms with van der Waals surface area (Å²) >= 11 is 0. The van der Waals surface area contributed by atoms with Crippen molar-refractivity contribution in [3.63, 3.8) is 0 Å². The van der Waals surface area contributed by atoms with Crippen molar-refractivity contribution in [1.29, 1.82) is 0 Å². The van der Waals surface area contributed by atoms with Crippen LogP contribution in [-0.4, -0.2) is 6.29 Å². The zero-order chi connectivity index (χ0) is 11.4. The molecule has 0 aliphatic heterocycles. The molecule has 0 aliphatic rings. The molecule has 0 bridgehead atoms. The Hall–Kier alpha value is -2.31. The summed E-state index contributed by atoms with van der Waals surface area (Å²) in [5, 5.41) is 1.90. The van der Waals surface area contributed by atoms with E-state index in [2.05, 4.69) is 12.3 Å². The predicted octanol–water partition coefficient (Wildman–Crippen LogP) is 3.33. The molecule has 2 nitrogen and oxygen atoms in total. The fourth-order valence-electron chi connectivity index (χ4n) is 1.61. The highest BCUT2D eigenvalue weighted by molar-refractivity contribution is 6.00. The van der Waals surface area contributed by atoms with E-state index in [0.29, 0.717) is 11.3 Å². The van der Waals surface area contributed by atoms with Gasteiger partial charge in [0, 0.05) is 0 Å². The maximum Gasteiger partial charge on any atom is 0.154 e. The normalized spacial score (nSPS) is 9.50. The first-order chi connectivity index (χ1) is 7.86. The SMILES string of the molecule is C=C=COc1ccc2ccccc2c1C=O. The van der Waals surface area contributed by atoms with E-state index in [0.717, 1.165) is 17.1 Å². The Bertz CT molecular complexity index is 578. The van der Waals surface area contributed by atoms with Gasteiger partial charge < -0.3 is 4.74 Å². The average molecular weight is 210 g/mol. The fraction of sp³-hybridized carbons (Fsp3) is 0. The van der Waals surface area contributed by atoms with Crippen molar-refractivity contribution in [2.45, 2.75) is 0 Å². The number of carbonyl (C=O) groups excluding carboxylic acids is 1. The number of aldehydes is 1. The molecule has 0 amide bonds. The molecular formula is C14H10O2. The Morgan fingerprint density at radius 2 is 2.00 bits per heavy atom. The third-order valence-electron chi connectivity index (χ3n) is 2.32. The maximum atomic E-state index is 11.1. The highest BCUT2D eigenvalue weighted by atomic mass is 16.5. The van der Waals surface area contributed by atoms with Crippen LogP contribution in [0.3, 0.4) is 0 Å². The zero-order valence-electron chi connectivity index (χ0n) is 8.64. The molecule has 16 heavy (non-hydrogen) atoms. The molecule has 2 aromatic carbocycles. The lowest BCUT2D eigenvalue weighted by Crippen LogP contribution is -1.90. The average Bonchev–Trinajstić information content (AvgIpc) is 2.35. The molecule has 0 unspecified atom stereocenters. The minimum atomic E-state index is 0.518. The van der Waals surface area contributed by atoms with Gasteiger partial charge in [0.25, 0.3) is 0 Å². The standard InChI is InChI=1S/C14H10O2/c1-2-9-16-14-8-7-11-5-3-4-6-12(11)13(14)10-15/h3-10H,1H2. The third kappa shape index (κ3) is 1.74. The van der Waals surface area contributed by atoms with Crippen molar-refractivity contribution >= 4 is 17.1 Å². The van der Waals surface area contributed by atoms with Crippen molar-refractivity contribution < 1.29 is 9.53 Å². The summed E-state index contributed by atoms with van der Waals surface area (Å²) in [6, 6.07) is 11.3. The highest BCUT2D eigenvalue weighted by Gasteiger charge is 2.06. The van der Waals surface area contributed by atoms with Crippen LogP contribution in [0.1, 0.15) is 10.4 Å². The first-order valence-corrected chi connectivity index (χ1v) is 4.84. The lowest BCUT2D eigenvalue weighted by molar-refractivity contribution is 0.112. The van der Waals surface area contributed by atoms with E-state index in [9.17, 15) is 4.79 Å². The van der Waals surface area contributed by atoms with Gasteiger partial charge in [-0.3, -0.25) is 4.79 Å². The molecule has 0 fully saturated rings. The molecule has 0 heterocycles. The number of hydrogen-bond donors (Lipinski definition) is 0. The van der Waals surface area contributed by atoms with Crippen LogP contribution in [0, 0.1) is 0 Å². The third-order valence-corrected chi connectivity index (χ3v) is 2.32. The van der Waals surface area contributed by atoms with Gasteiger partial charge in [0.15, 0.2) is 6.29 Å². The summed E-state index contributed by atoms with van der Waals surface area (Å²) in [7, 11) is 0. The second-order valence-corrected chi connectivity index (χ2v) is 3.26. The molecule has 0 saturated carbocycles. The number of hydrogen-bond acceptors (Lipinski definition) is 2. The van der Waals surface area contributed by atoms with Gasteiger partial charge in [-0.1, -0.05) is 42.6 Å². The van der Waals surface area contributed by atoms with Crippen LogP contribution in [0.4, 0.5) is 0 Å². The quantitative estimate of drug-likeness (QED) is 0.441. The number of carbonyl (C=O) groups is 1. The number of fused-ring (bicyclic) bond motifs is 1. The number of ether oxygens (including phenoxy) is 1. The summed E-state index contributed by atoms with van der Waals surface area (Å²) in [5.41, 5.74) is 3.05. The zero-order valence-corrected chi connectivity index (χ0v) is 8.64. The smallest absolute Gasteiger partial charge is 0.154 e. The van der Waals surface area contributed by atoms with E-state index >= 15 is 0 Å². The monoisotopic (exact) mass is 210 g/mol. The Kier molecular flexibility index (Phi) is 2.86. The molecule has 0 N–H and O–H groups in total. The number of benzene rings is 2. The molecule has 78 valence electrons. The van der Waals surface area contributed by atoms with E-state index in [-0.39, 0.29) is 0 Å². The van der Waals surface area contributed by atoms with E-state index in [1.807, 2.05) is 30.3 Å². The summed E-state index contributed by atoms with van der Waals surface area (Å²) in [5.74, 6) is 0.518. The van der Waals surface area contributed by atoms with Crippen LogP contribution in [-0.2, 0) is 0 Å². The largest absolute Gasteiger partial charge is 0.456 e. The van der Waals surface area contributed by atoms with Gasteiger partial charge in [0.2, 0.25) is 0 Å². The van der Waals surface area contributed by atoms with E-state index in [1.165, 1.54) is 6.26 Å². The van der Waals surface area contributed by atoms with E-state index < -0.39 is 0 Å². The van der Waals surface area contributed by atoms with Crippen molar-refractivity contribution in [2.75, 3.05) is 0 Å². The van der Waals surface area contributed by atoms with Gasteiger partial charge in [-0.25, -0.2) is 0 Å². The Morgan fingerprint density at radius 1 is 1.19 bits per heavy atom. The Labute approximate surface area is 93.5 Å². The van der Waals surface area contributed by atoms with Crippen LogP contribution in [0.5, 0.6) is 5.75 Å². The van der Waals surface area contributed by atoms with Crippen LogP contribution < -0.4 is 4.74 Å². The van der Waals surface area contributed by atoms with Gasteiger partial charge in [-0.05, 0) is 16.8 Å². The lowest BCUT2D eigenvalue weighted by atomic mass is 10.0. The minimum absolute atomic E-state index is 0.518. The second kappa shape index (κ2) is 4.47. The van der Waals surface area contributed by atoms with Crippen molar-refractivity contribution in [1.82, 2.24) is 0 Å². The van der Waals surface area contributed by atoms with Gasteiger partial charge >= 0.3 is 0 Å². The Morgan fingerprint density at radius 3 is 2.75 bits per heavy atom. The van der Waals surface area contributed by atoms with E-state index in [4.69, 9.17) is 4.74 Å². The molecule has 2 rings (SSSR count). The topological polar surface area (TPSA) is 26.3 Å². The molecule has 0 spiro atoms. The summed E-state index contributed by atoms with van der Waals surface area (Å²) in [6.45, 7) is 3.40. The fourth-order valence-corrected chi connectivity index (χ4v) is 1.61. The molecule has 0 aromatic heterocycles. The van der Waals surface area contributed by atoms with Crippen molar-refractivity contribution in [2.24, 2.45) is 0 Å². The predicted molar refractivity (Wildman–Crippen MR) is 63.7 cm³/mol. The van der Waals surface area contributed by atoms with Crippen molar-refractivity contribution in [3.05, 3.63) is 60.5 Å². The van der Waals surface area contributed by atoms with Gasteiger partial charge in [0.05, 0.1) is 5.56 Å². The van der Waals surface area contributed by atoms with Crippen LogP contribution in [0.2, 0.25) is 0 Å². The van der Waals surface area contributed by atoms with Gasteiger partial charge in [-0.15, -0.1) is 0 Å². The van der Waals surface area contributed by atoms with Gasteiger partial charge in [-0.2, -0.15) is 0 Å². The first-order valence-electron chi connectivity index (χ1n) is 4.84. The maximum absolute atomic E-state index is 11.1. The lowest BCUT2D eigenvalue weighted by Gasteiger charge is -2.06. The molecule has 2 heteroatoms. The summed E-state index contributed by atoms with van der Waals surface area (Å²) < 4.78 is 5.26. The molecule has 0 aliphatic carbocycles. The molecular weight excluding hydrogens is 200 g/mol. The summed E-state index contributed by atoms with van der Waals surface area (Å²) in [6.07, 6.45) is 2.13. The highest BCUT2D eigenvalue weighted by Crippen LogP contribution is 2.26. The second-order valence-electron chi connectivity index (χ2n) is 3.26. The summed E-state index contributed by atoms with van der Waals surface area (Å²) in [4.78, 5) is 11.1. The van der Waals surface area contributed by atoms with Crippen LogP contribution in [0.25, 0.3) is 10.8 Å². The molecule has 0 saturated heterocycles. The first kappa shape index (κ1) is 10.2. The van der Waals surface area contributed by atoms with E-state index in [1.54, 1.807) is 6.07 Å². The molecule has 0 atom stereocenters. The van der Waals surface area contributed by atoms with Gasteiger partial charge in [0.1, 0.15) is 12.0 Å².